The van der Waals surface area contributed by atoms with Crippen molar-refractivity contribution >= 4 is 17.3 Å². The van der Waals surface area contributed by atoms with Gasteiger partial charge in [-0.15, -0.1) is 11.3 Å². The molecule has 0 saturated carbocycles. The molecule has 0 bridgehead atoms. The van der Waals surface area contributed by atoms with E-state index in [1.54, 1.807) is 6.20 Å². The second kappa shape index (κ2) is 3.67. The van der Waals surface area contributed by atoms with Gasteiger partial charge in [-0.1, -0.05) is 0 Å². The molecule has 0 aromatic carbocycles. The van der Waals surface area contributed by atoms with Crippen molar-refractivity contribution in [3.8, 4) is 0 Å². The van der Waals surface area contributed by atoms with Crippen molar-refractivity contribution in [2.45, 2.75) is 18.3 Å². The Hall–Kier alpha value is -0.940. The molecular formula is C9H11NO3S. The van der Waals surface area contributed by atoms with Crippen LogP contribution in [0.25, 0.3) is 0 Å². The zero-order valence-corrected chi connectivity index (χ0v) is 8.42. The van der Waals surface area contributed by atoms with E-state index in [4.69, 9.17) is 4.74 Å². The van der Waals surface area contributed by atoms with Crippen LogP contribution in [-0.2, 0) is 14.9 Å². The molecule has 0 aliphatic carbocycles. The smallest absolute Gasteiger partial charge is 0.316 e. The molecule has 14 heavy (non-hydrogen) atoms. The molecule has 5 heteroatoms. The summed E-state index contributed by atoms with van der Waals surface area (Å²) in [5.41, 5.74) is -0.799. The lowest BCUT2D eigenvalue weighted by atomic mass is 9.81. The van der Waals surface area contributed by atoms with Gasteiger partial charge in [0.05, 0.1) is 0 Å². The standard InChI is InChI=1S/C9H11NO3S/c11-8(12)9(1-4-13-5-2-9)7-10-3-6-14-7/h3,6H,1-2,4-5H2,(H,11,12). The SMILES string of the molecule is O=C(O)C1(c2nccs2)CCOCC1. The molecule has 2 rings (SSSR count). The Kier molecular flexibility index (Phi) is 2.52. The lowest BCUT2D eigenvalue weighted by molar-refractivity contribution is -0.147. The highest BCUT2D eigenvalue weighted by Crippen LogP contribution is 2.36. The Balaban J connectivity index is 2.35. The van der Waals surface area contributed by atoms with Gasteiger partial charge >= 0.3 is 5.97 Å². The van der Waals surface area contributed by atoms with Gasteiger partial charge in [0, 0.05) is 24.8 Å². The van der Waals surface area contributed by atoms with Crippen molar-refractivity contribution in [3.05, 3.63) is 16.6 Å². The molecule has 0 amide bonds. The van der Waals surface area contributed by atoms with E-state index in [-0.39, 0.29) is 0 Å². The van der Waals surface area contributed by atoms with Gasteiger partial charge in [-0.2, -0.15) is 0 Å². The van der Waals surface area contributed by atoms with E-state index in [0.29, 0.717) is 31.1 Å². The van der Waals surface area contributed by atoms with Crippen LogP contribution in [0.5, 0.6) is 0 Å². The van der Waals surface area contributed by atoms with E-state index in [1.807, 2.05) is 5.38 Å². The molecule has 0 spiro atoms. The zero-order valence-electron chi connectivity index (χ0n) is 7.60. The first kappa shape index (κ1) is 9.61. The van der Waals surface area contributed by atoms with Crippen LogP contribution in [0.3, 0.4) is 0 Å². The molecule has 76 valence electrons. The van der Waals surface area contributed by atoms with E-state index in [0.717, 1.165) is 0 Å². The molecule has 2 heterocycles. The first-order valence-corrected chi connectivity index (χ1v) is 5.35. The summed E-state index contributed by atoms with van der Waals surface area (Å²) in [7, 11) is 0. The number of carbonyl (C=O) groups is 1. The summed E-state index contributed by atoms with van der Waals surface area (Å²) in [5, 5.41) is 11.8. The van der Waals surface area contributed by atoms with Crippen LogP contribution in [0.2, 0.25) is 0 Å². The van der Waals surface area contributed by atoms with E-state index in [9.17, 15) is 9.90 Å². The number of carboxylic acid groups (broad SMARTS) is 1. The topological polar surface area (TPSA) is 59.4 Å². The second-order valence-electron chi connectivity index (χ2n) is 3.34. The molecule has 1 fully saturated rings. The average Bonchev–Trinajstić information content (AvgIpc) is 2.72. The van der Waals surface area contributed by atoms with Gasteiger partial charge in [0.1, 0.15) is 10.4 Å². The predicted octanol–water partition coefficient (Wildman–Crippen LogP) is 1.28. The summed E-state index contributed by atoms with van der Waals surface area (Å²) < 4.78 is 5.19. The summed E-state index contributed by atoms with van der Waals surface area (Å²) in [6.07, 6.45) is 2.70. The van der Waals surface area contributed by atoms with E-state index >= 15 is 0 Å². The third-order valence-corrected chi connectivity index (χ3v) is 3.57. The Morgan fingerprint density at radius 3 is 2.79 bits per heavy atom. The molecule has 0 unspecified atom stereocenters. The summed E-state index contributed by atoms with van der Waals surface area (Å²) in [6, 6.07) is 0. The average molecular weight is 213 g/mol. The van der Waals surface area contributed by atoms with Crippen LogP contribution >= 0.6 is 11.3 Å². The predicted molar refractivity (Wildman–Crippen MR) is 51.5 cm³/mol. The summed E-state index contributed by atoms with van der Waals surface area (Å²) in [5.74, 6) is -0.782. The van der Waals surface area contributed by atoms with E-state index < -0.39 is 11.4 Å². The largest absolute Gasteiger partial charge is 0.481 e. The van der Waals surface area contributed by atoms with Gasteiger partial charge in [-0.05, 0) is 12.8 Å². The summed E-state index contributed by atoms with van der Waals surface area (Å²) in [4.78, 5) is 15.4. The third kappa shape index (κ3) is 1.42. The van der Waals surface area contributed by atoms with Crippen molar-refractivity contribution in [2.24, 2.45) is 0 Å². The minimum absolute atomic E-state index is 0.506. The van der Waals surface area contributed by atoms with Crippen LogP contribution in [0.1, 0.15) is 17.8 Å². The molecule has 1 saturated heterocycles. The monoisotopic (exact) mass is 213 g/mol. The number of hydrogen-bond acceptors (Lipinski definition) is 4. The van der Waals surface area contributed by atoms with Gasteiger partial charge in [0.15, 0.2) is 0 Å². The third-order valence-electron chi connectivity index (χ3n) is 2.60. The highest BCUT2D eigenvalue weighted by molar-refractivity contribution is 7.09. The molecule has 1 aromatic rings. The van der Waals surface area contributed by atoms with Crippen molar-refractivity contribution in [1.82, 2.24) is 4.98 Å². The Morgan fingerprint density at radius 1 is 1.57 bits per heavy atom. The fourth-order valence-electron chi connectivity index (χ4n) is 1.70. The van der Waals surface area contributed by atoms with Crippen LogP contribution in [-0.4, -0.2) is 29.3 Å². The van der Waals surface area contributed by atoms with E-state index in [1.165, 1.54) is 11.3 Å². The highest BCUT2D eigenvalue weighted by atomic mass is 32.1. The minimum atomic E-state index is -0.799. The van der Waals surface area contributed by atoms with Gasteiger partial charge in [0.25, 0.3) is 0 Å². The summed E-state index contributed by atoms with van der Waals surface area (Å²) in [6.45, 7) is 1.01. The molecule has 0 atom stereocenters. The number of nitrogens with zero attached hydrogens (tertiary/aromatic N) is 1. The lowest BCUT2D eigenvalue weighted by Gasteiger charge is -2.30. The number of aromatic nitrogens is 1. The van der Waals surface area contributed by atoms with Crippen LogP contribution in [0, 0.1) is 0 Å². The Bertz CT molecular complexity index is 317. The minimum Gasteiger partial charge on any atom is -0.481 e. The van der Waals surface area contributed by atoms with Gasteiger partial charge in [-0.25, -0.2) is 4.98 Å². The molecule has 1 N–H and O–H groups in total. The fourth-order valence-corrected chi connectivity index (χ4v) is 2.59. The maximum Gasteiger partial charge on any atom is 0.316 e. The maximum atomic E-state index is 11.3. The first-order valence-electron chi connectivity index (χ1n) is 4.47. The van der Waals surface area contributed by atoms with Gasteiger partial charge in [0.2, 0.25) is 0 Å². The zero-order chi connectivity index (χ0) is 10.0. The van der Waals surface area contributed by atoms with Crippen molar-refractivity contribution in [1.29, 1.82) is 0 Å². The molecular weight excluding hydrogens is 202 g/mol. The number of rotatable bonds is 2. The number of hydrogen-bond donors (Lipinski definition) is 1. The second-order valence-corrected chi connectivity index (χ2v) is 4.23. The molecule has 4 nitrogen and oxygen atoms in total. The Labute approximate surface area is 85.5 Å². The summed E-state index contributed by atoms with van der Waals surface area (Å²) >= 11 is 1.41. The fraction of sp³-hybridized carbons (Fsp3) is 0.556. The number of aliphatic carboxylic acids is 1. The van der Waals surface area contributed by atoms with Crippen LogP contribution < -0.4 is 0 Å². The Morgan fingerprint density at radius 2 is 2.29 bits per heavy atom. The van der Waals surface area contributed by atoms with Crippen molar-refractivity contribution in [2.75, 3.05) is 13.2 Å². The normalized spacial score (nSPS) is 20.6. The first-order chi connectivity index (χ1) is 6.76. The molecule has 1 aliphatic rings. The van der Waals surface area contributed by atoms with E-state index in [2.05, 4.69) is 4.98 Å². The van der Waals surface area contributed by atoms with Crippen molar-refractivity contribution < 1.29 is 14.6 Å². The lowest BCUT2D eigenvalue weighted by Crippen LogP contribution is -2.41. The van der Waals surface area contributed by atoms with Crippen LogP contribution in [0.15, 0.2) is 11.6 Å². The number of thiazole rings is 1. The number of carboxylic acids is 1. The van der Waals surface area contributed by atoms with Gasteiger partial charge < -0.3 is 9.84 Å². The van der Waals surface area contributed by atoms with Crippen LogP contribution in [0.4, 0.5) is 0 Å². The number of ether oxygens (including phenoxy) is 1. The van der Waals surface area contributed by atoms with Gasteiger partial charge in [-0.3, -0.25) is 4.79 Å². The molecule has 1 aliphatic heterocycles. The van der Waals surface area contributed by atoms with Crippen molar-refractivity contribution in [3.63, 3.8) is 0 Å². The quantitative estimate of drug-likeness (QED) is 0.803. The molecule has 0 radical (unpaired) electrons. The maximum absolute atomic E-state index is 11.3. The molecule has 1 aromatic heterocycles. The highest BCUT2D eigenvalue weighted by Gasteiger charge is 2.44.